The quantitative estimate of drug-likeness (QED) is 0.442. The number of nitrogens with one attached hydrogen (secondary N) is 1. The van der Waals surface area contributed by atoms with Gasteiger partial charge in [0.2, 0.25) is 0 Å². The fourth-order valence-corrected chi connectivity index (χ4v) is 4.10. The number of hydrogen-bond acceptors (Lipinski definition) is 7. The fraction of sp³-hybridized carbons (Fsp3) is 0.577. The maximum atomic E-state index is 11.3. The average Bonchev–Trinajstić information content (AvgIpc) is 2.93. The van der Waals surface area contributed by atoms with Crippen molar-refractivity contribution in [2.75, 3.05) is 19.0 Å². The number of aromatic nitrogens is 2. The monoisotopic (exact) mass is 473 g/mol. The number of carbonyl (C=O) groups is 1. The van der Waals surface area contributed by atoms with E-state index in [2.05, 4.69) is 22.4 Å². The van der Waals surface area contributed by atoms with Gasteiger partial charge in [0.05, 0.1) is 19.6 Å². The largest absolute Gasteiger partial charge is 0.507 e. The SMILES string of the molecule is CC.CCC(CCC(CC)C(=O)O)Nc1cc2c(nn1)-c1c(O)cc(OC)cc1COCCC2. The number of carboxylic acids is 1. The number of methoxy groups -OCH3 is 1. The van der Waals surface area contributed by atoms with E-state index in [1.165, 1.54) is 0 Å². The molecule has 0 spiro atoms. The van der Waals surface area contributed by atoms with Gasteiger partial charge in [-0.15, -0.1) is 10.2 Å². The molecular formula is C26H39N3O5. The van der Waals surface area contributed by atoms with Gasteiger partial charge in [0, 0.05) is 24.3 Å². The number of aromatic hydroxyl groups is 1. The molecule has 1 aliphatic heterocycles. The summed E-state index contributed by atoms with van der Waals surface area (Å²) < 4.78 is 11.1. The van der Waals surface area contributed by atoms with Gasteiger partial charge in [-0.05, 0) is 61.8 Å². The fourth-order valence-electron chi connectivity index (χ4n) is 4.10. The maximum Gasteiger partial charge on any atom is 0.306 e. The molecule has 0 aliphatic carbocycles. The molecule has 188 valence electrons. The van der Waals surface area contributed by atoms with Gasteiger partial charge in [-0.3, -0.25) is 4.79 Å². The summed E-state index contributed by atoms with van der Waals surface area (Å²) in [6.07, 6.45) is 4.43. The van der Waals surface area contributed by atoms with Gasteiger partial charge in [0.1, 0.15) is 23.0 Å². The van der Waals surface area contributed by atoms with Crippen molar-refractivity contribution in [1.29, 1.82) is 0 Å². The van der Waals surface area contributed by atoms with Crippen LogP contribution < -0.4 is 10.1 Å². The third-order valence-corrected chi connectivity index (χ3v) is 6.06. The van der Waals surface area contributed by atoms with Crippen LogP contribution >= 0.6 is 0 Å². The minimum atomic E-state index is -0.739. The van der Waals surface area contributed by atoms with Crippen LogP contribution in [0.1, 0.15) is 70.9 Å². The van der Waals surface area contributed by atoms with Crippen LogP contribution in [0.15, 0.2) is 18.2 Å². The Morgan fingerprint density at radius 3 is 2.56 bits per heavy atom. The molecule has 1 aliphatic rings. The Bertz CT molecular complexity index is 935. The predicted octanol–water partition coefficient (Wildman–Crippen LogP) is 5.43. The third-order valence-electron chi connectivity index (χ3n) is 6.06. The molecule has 8 heteroatoms. The molecule has 34 heavy (non-hydrogen) atoms. The van der Waals surface area contributed by atoms with Gasteiger partial charge in [-0.1, -0.05) is 27.7 Å². The van der Waals surface area contributed by atoms with E-state index in [9.17, 15) is 15.0 Å². The Labute approximate surface area is 202 Å². The van der Waals surface area contributed by atoms with Crippen molar-refractivity contribution in [3.05, 3.63) is 29.3 Å². The molecule has 1 aromatic carbocycles. The minimum Gasteiger partial charge on any atom is -0.507 e. The molecule has 0 fully saturated rings. The number of anilines is 1. The Morgan fingerprint density at radius 1 is 1.15 bits per heavy atom. The summed E-state index contributed by atoms with van der Waals surface area (Å²) in [5.41, 5.74) is 3.08. The first-order chi connectivity index (χ1) is 16.5. The van der Waals surface area contributed by atoms with Gasteiger partial charge >= 0.3 is 5.97 Å². The zero-order valence-electron chi connectivity index (χ0n) is 21.1. The lowest BCUT2D eigenvalue weighted by Gasteiger charge is -2.20. The summed E-state index contributed by atoms with van der Waals surface area (Å²) >= 11 is 0. The second-order valence-corrected chi connectivity index (χ2v) is 8.21. The van der Waals surface area contributed by atoms with Crippen LogP contribution in [0.3, 0.4) is 0 Å². The summed E-state index contributed by atoms with van der Waals surface area (Å²) in [6.45, 7) is 8.95. The first kappa shape index (κ1) is 27.4. The Balaban J connectivity index is 0.00000199. The first-order valence-corrected chi connectivity index (χ1v) is 12.3. The molecule has 2 aromatic rings. The minimum absolute atomic E-state index is 0.0896. The van der Waals surface area contributed by atoms with Crippen molar-refractivity contribution >= 4 is 11.8 Å². The molecule has 2 heterocycles. The van der Waals surface area contributed by atoms with E-state index in [-0.39, 0.29) is 17.7 Å². The van der Waals surface area contributed by atoms with Crippen molar-refractivity contribution in [3.8, 4) is 22.8 Å². The maximum absolute atomic E-state index is 11.3. The van der Waals surface area contributed by atoms with Gasteiger partial charge in [0.25, 0.3) is 0 Å². The molecule has 0 bridgehead atoms. The molecule has 1 aromatic heterocycles. The van der Waals surface area contributed by atoms with Crippen molar-refractivity contribution < 1.29 is 24.5 Å². The number of aliphatic carboxylic acids is 1. The summed E-state index contributed by atoms with van der Waals surface area (Å²) in [5.74, 6) is 0.250. The normalized spacial score (nSPS) is 14.6. The molecule has 2 unspecified atom stereocenters. The van der Waals surface area contributed by atoms with Crippen molar-refractivity contribution in [3.63, 3.8) is 0 Å². The lowest BCUT2D eigenvalue weighted by atomic mass is 9.96. The van der Waals surface area contributed by atoms with E-state index in [4.69, 9.17) is 9.47 Å². The van der Waals surface area contributed by atoms with Crippen LogP contribution in [0.25, 0.3) is 11.3 Å². The van der Waals surface area contributed by atoms with Crippen molar-refractivity contribution in [2.24, 2.45) is 5.92 Å². The number of hydrogen-bond donors (Lipinski definition) is 3. The highest BCUT2D eigenvalue weighted by Gasteiger charge is 2.22. The Kier molecular flexibility index (Phi) is 11.1. The lowest BCUT2D eigenvalue weighted by Crippen LogP contribution is -2.23. The predicted molar refractivity (Wildman–Crippen MR) is 133 cm³/mol. The zero-order valence-corrected chi connectivity index (χ0v) is 21.1. The Morgan fingerprint density at radius 2 is 1.91 bits per heavy atom. The number of aryl methyl sites for hydroxylation is 1. The summed E-state index contributed by atoms with van der Waals surface area (Å²) in [6, 6.07) is 5.53. The smallest absolute Gasteiger partial charge is 0.306 e. The van der Waals surface area contributed by atoms with Gasteiger partial charge in [-0.2, -0.15) is 0 Å². The van der Waals surface area contributed by atoms with Gasteiger partial charge < -0.3 is 25.0 Å². The summed E-state index contributed by atoms with van der Waals surface area (Å²) in [7, 11) is 1.56. The Hall–Kier alpha value is -2.87. The summed E-state index contributed by atoms with van der Waals surface area (Å²) in [5, 5.41) is 32.3. The molecular weight excluding hydrogens is 434 g/mol. The first-order valence-electron chi connectivity index (χ1n) is 12.3. The van der Waals surface area contributed by atoms with E-state index in [1.807, 2.05) is 32.9 Å². The highest BCUT2D eigenvalue weighted by Crippen LogP contribution is 2.38. The average molecular weight is 474 g/mol. The lowest BCUT2D eigenvalue weighted by molar-refractivity contribution is -0.142. The van der Waals surface area contributed by atoms with Gasteiger partial charge in [-0.25, -0.2) is 0 Å². The van der Waals surface area contributed by atoms with E-state index in [1.54, 1.807) is 13.2 Å². The van der Waals surface area contributed by atoms with Gasteiger partial charge in [0.15, 0.2) is 0 Å². The topological polar surface area (TPSA) is 114 Å². The van der Waals surface area contributed by atoms with E-state index >= 15 is 0 Å². The highest BCUT2D eigenvalue weighted by molar-refractivity contribution is 5.75. The van der Waals surface area contributed by atoms with E-state index < -0.39 is 5.97 Å². The molecule has 0 radical (unpaired) electrons. The highest BCUT2D eigenvalue weighted by atomic mass is 16.5. The number of phenols is 1. The number of carboxylic acid groups (broad SMARTS) is 1. The molecule has 2 atom stereocenters. The number of phenolic OH excluding ortho intramolecular Hbond substituents is 1. The number of rotatable bonds is 9. The van der Waals surface area contributed by atoms with Crippen LogP contribution in [-0.4, -0.2) is 46.1 Å². The molecule has 3 rings (SSSR count). The van der Waals surface area contributed by atoms with Crippen LogP contribution in [0.2, 0.25) is 0 Å². The molecule has 0 saturated carbocycles. The van der Waals surface area contributed by atoms with E-state index in [0.717, 1.165) is 36.8 Å². The van der Waals surface area contributed by atoms with Crippen molar-refractivity contribution in [2.45, 2.75) is 78.9 Å². The molecule has 0 saturated heterocycles. The number of benzene rings is 1. The van der Waals surface area contributed by atoms with Crippen LogP contribution in [-0.2, 0) is 22.6 Å². The van der Waals surface area contributed by atoms with E-state index in [0.29, 0.717) is 48.9 Å². The van der Waals surface area contributed by atoms with Crippen molar-refractivity contribution in [1.82, 2.24) is 10.2 Å². The van der Waals surface area contributed by atoms with Crippen LogP contribution in [0, 0.1) is 5.92 Å². The van der Waals surface area contributed by atoms with Crippen LogP contribution in [0.4, 0.5) is 5.82 Å². The summed E-state index contributed by atoms with van der Waals surface area (Å²) in [4.78, 5) is 11.3. The third kappa shape index (κ3) is 7.06. The molecule has 8 nitrogen and oxygen atoms in total. The standard InChI is InChI=1S/C24H33N3O5.C2H6/c1-4-15(24(29)30)8-9-18(5-2)25-21-12-16-7-6-10-32-14-17-11-19(31-3)13-20(28)22(17)23(16)27-26-21;1-2/h11-13,15,18,28H,4-10,14H2,1-3H3,(H,25,26)(H,29,30);1-2H3. The molecule has 0 amide bonds. The second-order valence-electron chi connectivity index (χ2n) is 8.21. The second kappa shape index (κ2) is 13.7. The molecule has 3 N–H and O–H groups in total. The number of fused-ring (bicyclic) bond motifs is 3. The number of ether oxygens (including phenoxy) is 2. The van der Waals surface area contributed by atoms with Crippen LogP contribution in [0.5, 0.6) is 11.5 Å². The zero-order chi connectivity index (χ0) is 25.1. The number of nitrogens with zero attached hydrogens (tertiary/aromatic N) is 2.